The molecule has 5 nitrogen and oxygen atoms in total. The van der Waals surface area contributed by atoms with Crippen molar-refractivity contribution in [3.05, 3.63) is 59.9 Å². The number of rotatable bonds is 3. The first-order valence-corrected chi connectivity index (χ1v) is 5.22. The average molecular weight is 242 g/mol. The number of anilines is 1. The van der Waals surface area contributed by atoms with Crippen LogP contribution in [0, 0.1) is 0 Å². The molecule has 2 N–H and O–H groups in total. The van der Waals surface area contributed by atoms with Gasteiger partial charge in [0, 0.05) is 18.0 Å². The van der Waals surface area contributed by atoms with E-state index in [1.807, 2.05) is 0 Å². The molecule has 0 aliphatic carbocycles. The molecular weight excluding hydrogens is 232 g/mol. The highest BCUT2D eigenvalue weighted by Gasteiger charge is 2.12. The van der Waals surface area contributed by atoms with Crippen LogP contribution in [0.2, 0.25) is 0 Å². The Morgan fingerprint density at radius 3 is 2.50 bits per heavy atom. The third-order valence-electron chi connectivity index (χ3n) is 2.34. The van der Waals surface area contributed by atoms with Gasteiger partial charge in [-0.3, -0.25) is 9.78 Å². The Balaban J connectivity index is 2.25. The molecule has 18 heavy (non-hydrogen) atoms. The van der Waals surface area contributed by atoms with E-state index >= 15 is 0 Å². The van der Waals surface area contributed by atoms with E-state index < -0.39 is 5.97 Å². The van der Waals surface area contributed by atoms with Crippen LogP contribution in [0.1, 0.15) is 20.7 Å². The van der Waals surface area contributed by atoms with Crippen LogP contribution in [0.5, 0.6) is 0 Å². The summed E-state index contributed by atoms with van der Waals surface area (Å²) >= 11 is 0. The van der Waals surface area contributed by atoms with Crippen molar-refractivity contribution in [2.75, 3.05) is 5.32 Å². The number of pyridine rings is 1. The molecule has 1 aromatic carbocycles. The van der Waals surface area contributed by atoms with Crippen molar-refractivity contribution in [1.29, 1.82) is 0 Å². The summed E-state index contributed by atoms with van der Waals surface area (Å²) in [6.07, 6.45) is 2.62. The van der Waals surface area contributed by atoms with Crippen molar-refractivity contribution >= 4 is 17.6 Å². The minimum Gasteiger partial charge on any atom is -0.478 e. The molecule has 2 rings (SSSR count). The topological polar surface area (TPSA) is 79.3 Å². The molecule has 0 radical (unpaired) electrons. The second-order valence-corrected chi connectivity index (χ2v) is 3.55. The van der Waals surface area contributed by atoms with E-state index in [0.717, 1.165) is 0 Å². The molecule has 5 heteroatoms. The minimum atomic E-state index is -1.13. The van der Waals surface area contributed by atoms with Crippen LogP contribution in [0.25, 0.3) is 0 Å². The number of benzene rings is 1. The third-order valence-corrected chi connectivity index (χ3v) is 2.34. The number of carbonyl (C=O) groups is 2. The lowest BCUT2D eigenvalue weighted by Crippen LogP contribution is -2.14. The smallest absolute Gasteiger partial charge is 0.339 e. The zero-order valence-corrected chi connectivity index (χ0v) is 9.33. The van der Waals surface area contributed by atoms with Gasteiger partial charge in [0.1, 0.15) is 5.56 Å². The second-order valence-electron chi connectivity index (χ2n) is 3.55. The third kappa shape index (κ3) is 2.52. The van der Waals surface area contributed by atoms with E-state index in [-0.39, 0.29) is 17.2 Å². The van der Waals surface area contributed by atoms with E-state index in [1.54, 1.807) is 30.3 Å². The average Bonchev–Trinajstić information content (AvgIpc) is 2.40. The normalized spacial score (nSPS) is 9.78. The van der Waals surface area contributed by atoms with Crippen molar-refractivity contribution in [3.8, 4) is 0 Å². The Labute approximate surface area is 103 Å². The van der Waals surface area contributed by atoms with Crippen LogP contribution in [0.4, 0.5) is 5.69 Å². The number of nitrogens with zero attached hydrogens (tertiary/aromatic N) is 1. The van der Waals surface area contributed by atoms with Gasteiger partial charge >= 0.3 is 5.97 Å². The zero-order valence-electron chi connectivity index (χ0n) is 9.33. The molecule has 0 saturated carbocycles. The maximum absolute atomic E-state index is 11.9. The fraction of sp³-hybridized carbons (Fsp3) is 0. The zero-order chi connectivity index (χ0) is 13.0. The SMILES string of the molecule is O=C(Nc1ccncc1C(=O)O)c1ccccc1. The molecule has 0 aliphatic heterocycles. The fourth-order valence-corrected chi connectivity index (χ4v) is 1.46. The first kappa shape index (κ1) is 11.8. The van der Waals surface area contributed by atoms with E-state index in [2.05, 4.69) is 10.3 Å². The van der Waals surface area contributed by atoms with Crippen LogP contribution < -0.4 is 5.32 Å². The number of carbonyl (C=O) groups excluding carboxylic acids is 1. The molecule has 0 unspecified atom stereocenters. The van der Waals surface area contributed by atoms with Gasteiger partial charge in [-0.1, -0.05) is 18.2 Å². The molecule has 2 aromatic rings. The Kier molecular flexibility index (Phi) is 3.33. The first-order valence-electron chi connectivity index (χ1n) is 5.22. The second kappa shape index (κ2) is 5.09. The van der Waals surface area contributed by atoms with Crippen LogP contribution >= 0.6 is 0 Å². The number of aromatic nitrogens is 1. The molecule has 90 valence electrons. The summed E-state index contributed by atoms with van der Waals surface area (Å²) in [5.41, 5.74) is 0.652. The van der Waals surface area contributed by atoms with Crippen molar-refractivity contribution < 1.29 is 14.7 Å². The summed E-state index contributed by atoms with van der Waals surface area (Å²) in [5, 5.41) is 11.5. The quantitative estimate of drug-likeness (QED) is 0.863. The van der Waals surface area contributed by atoms with E-state index in [9.17, 15) is 9.59 Å². The van der Waals surface area contributed by atoms with Crippen molar-refractivity contribution in [2.45, 2.75) is 0 Å². The minimum absolute atomic E-state index is 0.0400. The molecule has 1 amide bonds. The maximum Gasteiger partial charge on any atom is 0.339 e. The number of amides is 1. The summed E-state index contributed by atoms with van der Waals surface area (Å²) in [7, 11) is 0. The summed E-state index contributed by atoms with van der Waals surface area (Å²) in [4.78, 5) is 26.5. The number of carboxylic acids is 1. The lowest BCUT2D eigenvalue weighted by Gasteiger charge is -2.07. The number of nitrogens with one attached hydrogen (secondary N) is 1. The molecule has 0 bridgehead atoms. The standard InChI is InChI=1S/C13H10N2O3/c16-12(9-4-2-1-3-5-9)15-11-6-7-14-8-10(11)13(17)18/h1-8H,(H,17,18)(H,14,15,16). The van der Waals surface area contributed by atoms with Gasteiger partial charge < -0.3 is 10.4 Å². The fourth-order valence-electron chi connectivity index (χ4n) is 1.46. The summed E-state index contributed by atoms with van der Waals surface area (Å²) in [6.45, 7) is 0. The number of hydrogen-bond acceptors (Lipinski definition) is 3. The lowest BCUT2D eigenvalue weighted by molar-refractivity contribution is 0.0697. The van der Waals surface area contributed by atoms with Gasteiger partial charge in [0.25, 0.3) is 5.91 Å². The number of hydrogen-bond donors (Lipinski definition) is 2. The predicted octanol–water partition coefficient (Wildman–Crippen LogP) is 2.03. The monoisotopic (exact) mass is 242 g/mol. The Bertz CT molecular complexity index is 582. The molecular formula is C13H10N2O3. The van der Waals surface area contributed by atoms with Crippen LogP contribution in [-0.4, -0.2) is 22.0 Å². The van der Waals surface area contributed by atoms with Crippen LogP contribution in [-0.2, 0) is 0 Å². The van der Waals surface area contributed by atoms with Crippen molar-refractivity contribution in [3.63, 3.8) is 0 Å². The largest absolute Gasteiger partial charge is 0.478 e. The van der Waals surface area contributed by atoms with Gasteiger partial charge in [-0.05, 0) is 18.2 Å². The molecule has 0 aliphatic rings. The van der Waals surface area contributed by atoms with Gasteiger partial charge in [0.15, 0.2) is 0 Å². The molecule has 0 saturated heterocycles. The van der Waals surface area contributed by atoms with E-state index in [1.165, 1.54) is 18.5 Å². The summed E-state index contributed by atoms with van der Waals surface area (Å²) < 4.78 is 0. The first-order chi connectivity index (χ1) is 8.68. The lowest BCUT2D eigenvalue weighted by atomic mass is 10.2. The Morgan fingerprint density at radius 2 is 1.83 bits per heavy atom. The Hall–Kier alpha value is -2.69. The van der Waals surface area contributed by atoms with Gasteiger partial charge in [-0.25, -0.2) is 4.79 Å². The molecule has 0 atom stereocenters. The van der Waals surface area contributed by atoms with E-state index in [0.29, 0.717) is 5.56 Å². The number of carboxylic acid groups (broad SMARTS) is 1. The molecule has 0 fully saturated rings. The van der Waals surface area contributed by atoms with Crippen molar-refractivity contribution in [2.24, 2.45) is 0 Å². The molecule has 1 heterocycles. The summed E-state index contributed by atoms with van der Waals surface area (Å²) in [6, 6.07) is 10.0. The van der Waals surface area contributed by atoms with Gasteiger partial charge in [0.05, 0.1) is 5.69 Å². The van der Waals surface area contributed by atoms with Gasteiger partial charge in [0.2, 0.25) is 0 Å². The number of aromatic carboxylic acids is 1. The van der Waals surface area contributed by atoms with Crippen molar-refractivity contribution in [1.82, 2.24) is 4.98 Å². The van der Waals surface area contributed by atoms with Gasteiger partial charge in [-0.2, -0.15) is 0 Å². The highest BCUT2D eigenvalue weighted by molar-refractivity contribution is 6.07. The van der Waals surface area contributed by atoms with Crippen LogP contribution in [0.15, 0.2) is 48.8 Å². The maximum atomic E-state index is 11.9. The predicted molar refractivity (Wildman–Crippen MR) is 65.6 cm³/mol. The molecule has 1 aromatic heterocycles. The van der Waals surface area contributed by atoms with Crippen LogP contribution in [0.3, 0.4) is 0 Å². The molecule has 0 spiro atoms. The Morgan fingerprint density at radius 1 is 1.11 bits per heavy atom. The van der Waals surface area contributed by atoms with E-state index in [4.69, 9.17) is 5.11 Å². The highest BCUT2D eigenvalue weighted by atomic mass is 16.4. The highest BCUT2D eigenvalue weighted by Crippen LogP contribution is 2.14. The summed E-state index contributed by atoms with van der Waals surface area (Å²) in [5.74, 6) is -1.49. The van der Waals surface area contributed by atoms with Gasteiger partial charge in [-0.15, -0.1) is 0 Å².